The normalized spacial score (nSPS) is 10.8. The Labute approximate surface area is 121 Å². The van der Waals surface area contributed by atoms with Gasteiger partial charge in [0.05, 0.1) is 20.8 Å². The first-order valence-corrected chi connectivity index (χ1v) is 6.87. The molecule has 5 nitrogen and oxygen atoms in total. The predicted octanol–water partition coefficient (Wildman–Crippen LogP) is 1.50. The van der Waals surface area contributed by atoms with Crippen LogP contribution in [0.4, 0.5) is 0 Å². The van der Waals surface area contributed by atoms with Crippen molar-refractivity contribution in [2.75, 3.05) is 47.6 Å². The molecule has 0 saturated heterocycles. The highest BCUT2D eigenvalue weighted by atomic mass is 16.5. The van der Waals surface area contributed by atoms with Crippen molar-refractivity contribution in [3.63, 3.8) is 0 Å². The number of nitrogens with two attached hydrogens (primary N) is 1. The van der Waals surface area contributed by atoms with Crippen molar-refractivity contribution in [3.8, 4) is 11.5 Å². The minimum atomic E-state index is 0.704. The lowest BCUT2D eigenvalue weighted by atomic mass is 10.2. The summed E-state index contributed by atoms with van der Waals surface area (Å²) < 4.78 is 15.7. The highest BCUT2D eigenvalue weighted by Crippen LogP contribution is 2.28. The van der Waals surface area contributed by atoms with E-state index < -0.39 is 0 Å². The van der Waals surface area contributed by atoms with Gasteiger partial charge >= 0.3 is 0 Å². The van der Waals surface area contributed by atoms with Crippen LogP contribution in [0.25, 0.3) is 0 Å². The number of hydrogen-bond acceptors (Lipinski definition) is 5. The standard InChI is InChI=1S/C15H26N2O3/c1-18-10-9-17(8-4-7-16)12-13-5-6-14(19-2)15(11-13)20-3/h5-6,11H,4,7-10,12,16H2,1-3H3. The smallest absolute Gasteiger partial charge is 0.161 e. The fraction of sp³-hybridized carbons (Fsp3) is 0.600. The Hall–Kier alpha value is -1.30. The van der Waals surface area contributed by atoms with Crippen LogP contribution >= 0.6 is 0 Å². The van der Waals surface area contributed by atoms with Gasteiger partial charge in [-0.15, -0.1) is 0 Å². The Morgan fingerprint density at radius 3 is 2.40 bits per heavy atom. The van der Waals surface area contributed by atoms with Gasteiger partial charge in [-0.3, -0.25) is 4.90 Å². The van der Waals surface area contributed by atoms with Gasteiger partial charge in [-0.1, -0.05) is 6.07 Å². The van der Waals surface area contributed by atoms with Crippen LogP contribution in [0.5, 0.6) is 11.5 Å². The fourth-order valence-corrected chi connectivity index (χ4v) is 2.04. The monoisotopic (exact) mass is 282 g/mol. The van der Waals surface area contributed by atoms with Crippen molar-refractivity contribution < 1.29 is 14.2 Å². The molecule has 0 aromatic heterocycles. The van der Waals surface area contributed by atoms with E-state index in [2.05, 4.69) is 11.0 Å². The summed E-state index contributed by atoms with van der Waals surface area (Å²) in [6, 6.07) is 6.01. The van der Waals surface area contributed by atoms with E-state index in [0.717, 1.165) is 44.2 Å². The second-order valence-corrected chi connectivity index (χ2v) is 4.60. The summed E-state index contributed by atoms with van der Waals surface area (Å²) in [7, 11) is 5.01. The van der Waals surface area contributed by atoms with Crippen molar-refractivity contribution in [1.82, 2.24) is 4.90 Å². The van der Waals surface area contributed by atoms with Crippen molar-refractivity contribution in [1.29, 1.82) is 0 Å². The minimum absolute atomic E-state index is 0.704. The van der Waals surface area contributed by atoms with Crippen LogP contribution < -0.4 is 15.2 Å². The second kappa shape index (κ2) is 9.58. The van der Waals surface area contributed by atoms with E-state index in [-0.39, 0.29) is 0 Å². The third-order valence-electron chi connectivity index (χ3n) is 3.14. The lowest BCUT2D eigenvalue weighted by molar-refractivity contribution is 0.143. The van der Waals surface area contributed by atoms with Crippen molar-refractivity contribution in [2.24, 2.45) is 5.73 Å². The van der Waals surface area contributed by atoms with E-state index >= 15 is 0 Å². The molecule has 0 aliphatic carbocycles. The lowest BCUT2D eigenvalue weighted by Crippen LogP contribution is -2.29. The molecule has 1 rings (SSSR count). The number of hydrogen-bond donors (Lipinski definition) is 1. The van der Waals surface area contributed by atoms with Gasteiger partial charge in [0.2, 0.25) is 0 Å². The number of rotatable bonds is 10. The maximum absolute atomic E-state index is 5.59. The molecule has 0 bridgehead atoms. The maximum Gasteiger partial charge on any atom is 0.161 e. The molecule has 1 aromatic carbocycles. The van der Waals surface area contributed by atoms with Crippen LogP contribution in [-0.2, 0) is 11.3 Å². The quantitative estimate of drug-likeness (QED) is 0.705. The first-order chi connectivity index (χ1) is 9.74. The summed E-state index contributed by atoms with van der Waals surface area (Å²) in [5.41, 5.74) is 6.78. The van der Waals surface area contributed by atoms with E-state index in [4.69, 9.17) is 19.9 Å². The van der Waals surface area contributed by atoms with Gasteiger partial charge in [0.15, 0.2) is 11.5 Å². The Kier molecular flexibility index (Phi) is 8.02. The summed E-state index contributed by atoms with van der Waals surface area (Å²) in [6.07, 6.45) is 0.983. The maximum atomic E-state index is 5.59. The fourth-order valence-electron chi connectivity index (χ4n) is 2.04. The molecule has 0 unspecified atom stereocenters. The van der Waals surface area contributed by atoms with Gasteiger partial charge in [0.1, 0.15) is 0 Å². The van der Waals surface area contributed by atoms with E-state index in [9.17, 15) is 0 Å². The number of benzene rings is 1. The SMILES string of the molecule is COCCN(CCCN)Cc1ccc(OC)c(OC)c1. The Morgan fingerprint density at radius 2 is 1.80 bits per heavy atom. The van der Waals surface area contributed by atoms with Crippen molar-refractivity contribution >= 4 is 0 Å². The average molecular weight is 282 g/mol. The zero-order valence-electron chi connectivity index (χ0n) is 12.7. The molecule has 5 heteroatoms. The van der Waals surface area contributed by atoms with Gasteiger partial charge in [-0.25, -0.2) is 0 Å². The molecule has 0 radical (unpaired) electrons. The lowest BCUT2D eigenvalue weighted by Gasteiger charge is -2.22. The molecule has 0 heterocycles. The minimum Gasteiger partial charge on any atom is -0.493 e. The van der Waals surface area contributed by atoms with E-state index in [1.54, 1.807) is 21.3 Å². The molecule has 1 aromatic rings. The predicted molar refractivity (Wildman–Crippen MR) is 80.4 cm³/mol. The molecular formula is C15H26N2O3. The number of methoxy groups -OCH3 is 3. The summed E-state index contributed by atoms with van der Waals surface area (Å²) in [5, 5.41) is 0. The Bertz CT molecular complexity index is 377. The van der Waals surface area contributed by atoms with Crippen LogP contribution in [0, 0.1) is 0 Å². The largest absolute Gasteiger partial charge is 0.493 e. The summed E-state index contributed by atoms with van der Waals surface area (Å²) >= 11 is 0. The highest BCUT2D eigenvalue weighted by Gasteiger charge is 2.09. The molecule has 0 fully saturated rings. The molecule has 0 aliphatic heterocycles. The summed E-state index contributed by atoms with van der Waals surface area (Å²) in [4.78, 5) is 2.33. The zero-order valence-corrected chi connectivity index (χ0v) is 12.7. The molecule has 0 aliphatic rings. The Balaban J connectivity index is 2.70. The van der Waals surface area contributed by atoms with Gasteiger partial charge in [0.25, 0.3) is 0 Å². The Morgan fingerprint density at radius 1 is 1.05 bits per heavy atom. The summed E-state index contributed by atoms with van der Waals surface area (Å²) in [6.45, 7) is 4.13. The topological polar surface area (TPSA) is 57.0 Å². The molecular weight excluding hydrogens is 256 g/mol. The third kappa shape index (κ3) is 5.36. The second-order valence-electron chi connectivity index (χ2n) is 4.60. The molecule has 20 heavy (non-hydrogen) atoms. The number of ether oxygens (including phenoxy) is 3. The number of nitrogens with zero attached hydrogens (tertiary/aromatic N) is 1. The van der Waals surface area contributed by atoms with E-state index in [1.165, 1.54) is 5.56 Å². The van der Waals surface area contributed by atoms with Gasteiger partial charge in [-0.2, -0.15) is 0 Å². The van der Waals surface area contributed by atoms with Crippen molar-refractivity contribution in [2.45, 2.75) is 13.0 Å². The third-order valence-corrected chi connectivity index (χ3v) is 3.14. The zero-order chi connectivity index (χ0) is 14.8. The van der Waals surface area contributed by atoms with Gasteiger partial charge < -0.3 is 19.9 Å². The van der Waals surface area contributed by atoms with Crippen LogP contribution in [0.3, 0.4) is 0 Å². The van der Waals surface area contributed by atoms with Crippen molar-refractivity contribution in [3.05, 3.63) is 23.8 Å². The highest BCUT2D eigenvalue weighted by molar-refractivity contribution is 5.42. The summed E-state index contributed by atoms with van der Waals surface area (Å²) in [5.74, 6) is 1.51. The van der Waals surface area contributed by atoms with Crippen LogP contribution in [0.2, 0.25) is 0 Å². The van der Waals surface area contributed by atoms with Crippen LogP contribution in [0.15, 0.2) is 18.2 Å². The van der Waals surface area contributed by atoms with Gasteiger partial charge in [-0.05, 0) is 37.2 Å². The molecule has 0 saturated carbocycles. The van der Waals surface area contributed by atoms with E-state index in [0.29, 0.717) is 6.54 Å². The molecule has 114 valence electrons. The van der Waals surface area contributed by atoms with Crippen LogP contribution in [0.1, 0.15) is 12.0 Å². The van der Waals surface area contributed by atoms with E-state index in [1.807, 2.05) is 12.1 Å². The average Bonchev–Trinajstić information content (AvgIpc) is 2.49. The first-order valence-electron chi connectivity index (χ1n) is 6.87. The molecule has 0 amide bonds. The molecule has 0 atom stereocenters. The van der Waals surface area contributed by atoms with Crippen LogP contribution in [-0.4, -0.2) is 52.5 Å². The molecule has 2 N–H and O–H groups in total. The van der Waals surface area contributed by atoms with Gasteiger partial charge in [0, 0.05) is 20.2 Å². The first kappa shape index (κ1) is 16.8. The molecule has 0 spiro atoms.